The fraction of sp³-hybridized carbons (Fsp3) is 0.267. The van der Waals surface area contributed by atoms with Gasteiger partial charge in [0.05, 0.1) is 11.6 Å². The number of hydrogen-bond donors (Lipinski definition) is 2. The van der Waals surface area contributed by atoms with E-state index in [1.54, 1.807) is 12.1 Å². The molecular weight excluding hydrogens is 250 g/mol. The molecule has 2 N–H and O–H groups in total. The van der Waals surface area contributed by atoms with Gasteiger partial charge >= 0.3 is 0 Å². The molecule has 0 radical (unpaired) electrons. The number of nitriles is 1. The van der Waals surface area contributed by atoms with Gasteiger partial charge in [0.2, 0.25) is 0 Å². The van der Waals surface area contributed by atoms with Crippen LogP contribution >= 0.6 is 0 Å². The second-order valence-corrected chi connectivity index (χ2v) is 4.72. The van der Waals surface area contributed by atoms with Gasteiger partial charge in [0.1, 0.15) is 17.5 Å². The van der Waals surface area contributed by atoms with E-state index in [0.29, 0.717) is 5.56 Å². The molecule has 5 nitrogen and oxygen atoms in total. The highest BCUT2D eigenvalue weighted by Gasteiger charge is 2.07. The Morgan fingerprint density at radius 3 is 2.30 bits per heavy atom. The Hall–Kier alpha value is -2.61. The molecule has 1 aromatic carbocycles. The third-order valence-electron chi connectivity index (χ3n) is 2.80. The molecule has 20 heavy (non-hydrogen) atoms. The molecule has 0 saturated heterocycles. The van der Waals surface area contributed by atoms with E-state index in [0.717, 1.165) is 23.1 Å². The molecule has 2 rings (SSSR count). The zero-order valence-corrected chi connectivity index (χ0v) is 11.8. The van der Waals surface area contributed by atoms with E-state index in [-0.39, 0.29) is 5.92 Å². The summed E-state index contributed by atoms with van der Waals surface area (Å²) in [6.45, 7) is 4.11. The number of hydrogen-bond acceptors (Lipinski definition) is 5. The van der Waals surface area contributed by atoms with Crippen molar-refractivity contribution in [3.8, 4) is 6.07 Å². The fourth-order valence-corrected chi connectivity index (χ4v) is 1.69. The Kier molecular flexibility index (Phi) is 4.16. The first kappa shape index (κ1) is 13.8. The molecule has 0 atom stereocenters. The summed E-state index contributed by atoms with van der Waals surface area (Å²) in [5, 5.41) is 15.0. The summed E-state index contributed by atoms with van der Waals surface area (Å²) in [5.74, 6) is 2.55. The molecule has 0 spiro atoms. The smallest absolute Gasteiger partial charge is 0.136 e. The van der Waals surface area contributed by atoms with Crippen molar-refractivity contribution >= 4 is 17.3 Å². The van der Waals surface area contributed by atoms with Crippen molar-refractivity contribution in [2.24, 2.45) is 0 Å². The maximum atomic E-state index is 8.78. The second kappa shape index (κ2) is 6.02. The lowest BCUT2D eigenvalue weighted by atomic mass is 10.2. The standard InChI is InChI=1S/C15H17N5/c1-10(2)15-19-13(17-3)8-14(20-15)18-12-6-4-11(9-16)5-7-12/h4-8,10H,1-3H3,(H2,17,18,19,20). The lowest BCUT2D eigenvalue weighted by Crippen LogP contribution is -2.05. The summed E-state index contributed by atoms with van der Waals surface area (Å²) in [7, 11) is 1.83. The first-order chi connectivity index (χ1) is 9.62. The van der Waals surface area contributed by atoms with Crippen molar-refractivity contribution in [2.45, 2.75) is 19.8 Å². The molecule has 1 heterocycles. The maximum absolute atomic E-state index is 8.78. The Balaban J connectivity index is 2.27. The van der Waals surface area contributed by atoms with Crippen molar-refractivity contribution in [1.29, 1.82) is 5.26 Å². The molecule has 5 heteroatoms. The van der Waals surface area contributed by atoms with Crippen LogP contribution in [0.5, 0.6) is 0 Å². The van der Waals surface area contributed by atoms with Gasteiger partial charge in [0, 0.05) is 24.7 Å². The molecule has 1 aromatic heterocycles. The topological polar surface area (TPSA) is 73.6 Å². The number of nitrogens with zero attached hydrogens (tertiary/aromatic N) is 3. The van der Waals surface area contributed by atoms with Crippen LogP contribution in [-0.2, 0) is 0 Å². The fourth-order valence-electron chi connectivity index (χ4n) is 1.69. The molecule has 0 bridgehead atoms. The molecule has 0 aliphatic rings. The SMILES string of the molecule is CNc1cc(Nc2ccc(C#N)cc2)nc(C(C)C)n1. The van der Waals surface area contributed by atoms with Crippen LogP contribution in [0.3, 0.4) is 0 Å². The molecule has 0 amide bonds. The van der Waals surface area contributed by atoms with Crippen LogP contribution in [0, 0.1) is 11.3 Å². The van der Waals surface area contributed by atoms with Crippen LogP contribution in [0.1, 0.15) is 31.2 Å². The Labute approximate surface area is 118 Å². The van der Waals surface area contributed by atoms with Gasteiger partial charge in [0.15, 0.2) is 0 Å². The van der Waals surface area contributed by atoms with E-state index >= 15 is 0 Å². The minimum Gasteiger partial charge on any atom is -0.373 e. The Morgan fingerprint density at radius 1 is 1.10 bits per heavy atom. The average molecular weight is 267 g/mol. The zero-order chi connectivity index (χ0) is 14.5. The van der Waals surface area contributed by atoms with E-state index < -0.39 is 0 Å². The van der Waals surface area contributed by atoms with E-state index in [4.69, 9.17) is 5.26 Å². The van der Waals surface area contributed by atoms with Gasteiger partial charge in [-0.25, -0.2) is 9.97 Å². The summed E-state index contributed by atoms with van der Waals surface area (Å²) < 4.78 is 0. The normalized spacial score (nSPS) is 10.2. The lowest BCUT2D eigenvalue weighted by Gasteiger charge is -2.11. The largest absolute Gasteiger partial charge is 0.373 e. The monoisotopic (exact) mass is 267 g/mol. The van der Waals surface area contributed by atoms with Gasteiger partial charge in [0.25, 0.3) is 0 Å². The summed E-state index contributed by atoms with van der Waals surface area (Å²) in [4.78, 5) is 8.91. The van der Waals surface area contributed by atoms with Gasteiger partial charge in [-0.1, -0.05) is 13.8 Å². The van der Waals surface area contributed by atoms with E-state index in [1.165, 1.54) is 0 Å². The molecule has 0 aliphatic heterocycles. The first-order valence-electron chi connectivity index (χ1n) is 6.46. The van der Waals surface area contributed by atoms with Crippen LogP contribution in [0.2, 0.25) is 0 Å². The Morgan fingerprint density at radius 2 is 1.75 bits per heavy atom. The van der Waals surface area contributed by atoms with Crippen molar-refractivity contribution in [1.82, 2.24) is 9.97 Å². The highest BCUT2D eigenvalue weighted by Crippen LogP contribution is 2.20. The Bertz CT molecular complexity index is 626. The molecule has 0 unspecified atom stereocenters. The van der Waals surface area contributed by atoms with Crippen LogP contribution in [0.4, 0.5) is 17.3 Å². The van der Waals surface area contributed by atoms with Crippen LogP contribution < -0.4 is 10.6 Å². The molecule has 2 aromatic rings. The van der Waals surface area contributed by atoms with Crippen LogP contribution in [-0.4, -0.2) is 17.0 Å². The molecule has 0 aliphatic carbocycles. The van der Waals surface area contributed by atoms with Crippen molar-refractivity contribution in [3.63, 3.8) is 0 Å². The third kappa shape index (κ3) is 3.23. The third-order valence-corrected chi connectivity index (χ3v) is 2.80. The van der Waals surface area contributed by atoms with E-state index in [2.05, 4.69) is 40.5 Å². The van der Waals surface area contributed by atoms with Gasteiger partial charge < -0.3 is 10.6 Å². The lowest BCUT2D eigenvalue weighted by molar-refractivity contribution is 0.778. The van der Waals surface area contributed by atoms with Crippen LogP contribution in [0.15, 0.2) is 30.3 Å². The minimum atomic E-state index is 0.254. The van der Waals surface area contributed by atoms with Crippen molar-refractivity contribution < 1.29 is 0 Å². The molecular formula is C15H17N5. The second-order valence-electron chi connectivity index (χ2n) is 4.72. The first-order valence-corrected chi connectivity index (χ1v) is 6.46. The predicted molar refractivity (Wildman–Crippen MR) is 80.1 cm³/mol. The highest BCUT2D eigenvalue weighted by atomic mass is 15.1. The van der Waals surface area contributed by atoms with Crippen molar-refractivity contribution in [2.75, 3.05) is 17.7 Å². The van der Waals surface area contributed by atoms with Gasteiger partial charge in [-0.2, -0.15) is 5.26 Å². The van der Waals surface area contributed by atoms with E-state index in [9.17, 15) is 0 Å². The number of aromatic nitrogens is 2. The zero-order valence-electron chi connectivity index (χ0n) is 11.8. The predicted octanol–water partition coefficient (Wildman–Crippen LogP) is 3.26. The summed E-state index contributed by atoms with van der Waals surface area (Å²) in [6.07, 6.45) is 0. The highest BCUT2D eigenvalue weighted by molar-refractivity contribution is 5.60. The number of benzene rings is 1. The quantitative estimate of drug-likeness (QED) is 0.889. The molecule has 0 saturated carbocycles. The summed E-state index contributed by atoms with van der Waals surface area (Å²) in [5.41, 5.74) is 1.52. The molecule has 0 fully saturated rings. The average Bonchev–Trinajstić information content (AvgIpc) is 2.47. The van der Waals surface area contributed by atoms with E-state index in [1.807, 2.05) is 25.2 Å². The summed E-state index contributed by atoms with van der Waals surface area (Å²) in [6, 6.07) is 11.2. The minimum absolute atomic E-state index is 0.254. The number of nitrogens with one attached hydrogen (secondary N) is 2. The maximum Gasteiger partial charge on any atom is 0.136 e. The number of anilines is 3. The van der Waals surface area contributed by atoms with Gasteiger partial charge in [-0.3, -0.25) is 0 Å². The summed E-state index contributed by atoms with van der Waals surface area (Å²) >= 11 is 0. The van der Waals surface area contributed by atoms with Gasteiger partial charge in [-0.05, 0) is 24.3 Å². The van der Waals surface area contributed by atoms with Crippen LogP contribution in [0.25, 0.3) is 0 Å². The van der Waals surface area contributed by atoms with Gasteiger partial charge in [-0.15, -0.1) is 0 Å². The molecule has 102 valence electrons. The van der Waals surface area contributed by atoms with Crippen molar-refractivity contribution in [3.05, 3.63) is 41.7 Å². The number of rotatable bonds is 4.